The normalized spacial score (nSPS) is 12.9. The van der Waals surface area contributed by atoms with Crippen molar-refractivity contribution in [2.45, 2.75) is 20.0 Å². The van der Waals surface area contributed by atoms with Gasteiger partial charge in [0.1, 0.15) is 29.3 Å². The number of carbonyl (C=O) groups is 1. The summed E-state index contributed by atoms with van der Waals surface area (Å²) in [4.78, 5) is 11.7. The lowest BCUT2D eigenvalue weighted by atomic mass is 10.2. The molecule has 0 amide bonds. The van der Waals surface area contributed by atoms with Crippen molar-refractivity contribution >= 4 is 12.0 Å². The van der Waals surface area contributed by atoms with Gasteiger partial charge >= 0.3 is 5.97 Å². The molecule has 0 aliphatic heterocycles. The molecule has 1 atom stereocenters. The van der Waals surface area contributed by atoms with Crippen LogP contribution in [0.3, 0.4) is 0 Å². The lowest BCUT2D eigenvalue weighted by Gasteiger charge is -2.10. The molecule has 0 aliphatic carbocycles. The van der Waals surface area contributed by atoms with E-state index in [4.69, 9.17) is 19.2 Å². The Bertz CT molecular complexity index is 481. The summed E-state index contributed by atoms with van der Waals surface area (Å²) < 4.78 is 15.1. The zero-order valence-electron chi connectivity index (χ0n) is 10.6. The highest BCUT2D eigenvalue weighted by Gasteiger charge is 2.15. The van der Waals surface area contributed by atoms with Gasteiger partial charge in [0.15, 0.2) is 0 Å². The van der Waals surface area contributed by atoms with Gasteiger partial charge in [-0.15, -0.1) is 0 Å². The van der Waals surface area contributed by atoms with Gasteiger partial charge in [0, 0.05) is 13.2 Å². The van der Waals surface area contributed by atoms with E-state index in [0.717, 1.165) is 0 Å². The summed E-state index contributed by atoms with van der Waals surface area (Å²) in [5.74, 6) is 0.469. The van der Waals surface area contributed by atoms with Crippen molar-refractivity contribution in [1.29, 1.82) is 5.26 Å². The number of nitrogens with zero attached hydrogens (tertiary/aromatic N) is 1. The zero-order valence-corrected chi connectivity index (χ0v) is 10.6. The van der Waals surface area contributed by atoms with Crippen LogP contribution >= 0.6 is 0 Å². The van der Waals surface area contributed by atoms with Crippen LogP contribution in [-0.4, -0.2) is 25.8 Å². The van der Waals surface area contributed by atoms with Gasteiger partial charge < -0.3 is 13.9 Å². The summed E-state index contributed by atoms with van der Waals surface area (Å²) >= 11 is 0. The average molecular weight is 249 g/mol. The number of carbonyl (C=O) groups excluding carboxylic acids is 1. The van der Waals surface area contributed by atoms with E-state index in [1.807, 2.05) is 0 Å². The molecule has 1 aromatic rings. The molecule has 1 rings (SSSR count). The third kappa shape index (κ3) is 4.07. The topological polar surface area (TPSA) is 72.5 Å². The minimum absolute atomic E-state index is 0.104. The highest BCUT2D eigenvalue weighted by molar-refractivity contribution is 5.97. The second-order valence-electron chi connectivity index (χ2n) is 3.79. The number of rotatable bonds is 5. The molecule has 0 saturated carbocycles. The monoisotopic (exact) mass is 249 g/mol. The third-order valence-corrected chi connectivity index (χ3v) is 2.10. The first-order valence-electron chi connectivity index (χ1n) is 5.45. The SMILES string of the molecule is COC[C@H](C)OC(=O)/C(C#N)=C/c1ccc(C)o1. The summed E-state index contributed by atoms with van der Waals surface area (Å²) in [7, 11) is 1.51. The maximum absolute atomic E-state index is 11.7. The molecule has 0 radical (unpaired) electrons. The molecule has 0 N–H and O–H groups in total. The molecular formula is C13H15NO4. The van der Waals surface area contributed by atoms with Gasteiger partial charge in [-0.1, -0.05) is 0 Å². The van der Waals surface area contributed by atoms with E-state index in [2.05, 4.69) is 0 Å². The highest BCUT2D eigenvalue weighted by Crippen LogP contribution is 2.12. The third-order valence-electron chi connectivity index (χ3n) is 2.10. The van der Waals surface area contributed by atoms with Crippen molar-refractivity contribution in [1.82, 2.24) is 0 Å². The Labute approximate surface area is 106 Å². The van der Waals surface area contributed by atoms with Crippen molar-refractivity contribution in [2.75, 3.05) is 13.7 Å². The van der Waals surface area contributed by atoms with Gasteiger partial charge in [0.2, 0.25) is 0 Å². The van der Waals surface area contributed by atoms with E-state index in [1.165, 1.54) is 13.2 Å². The Hall–Kier alpha value is -2.06. The maximum atomic E-state index is 11.7. The van der Waals surface area contributed by atoms with Crippen LogP contribution in [0.4, 0.5) is 0 Å². The molecule has 0 spiro atoms. The molecular weight excluding hydrogens is 234 g/mol. The molecule has 96 valence electrons. The molecule has 0 aromatic carbocycles. The Kier molecular flexibility index (Phi) is 5.15. The Balaban J connectivity index is 2.75. The largest absolute Gasteiger partial charge is 0.462 e. The lowest BCUT2D eigenvalue weighted by molar-refractivity contribution is -0.145. The van der Waals surface area contributed by atoms with Crippen LogP contribution in [0.5, 0.6) is 0 Å². The minimum Gasteiger partial charge on any atom is -0.462 e. The standard InChI is InChI=1S/C13H15NO4/c1-9-4-5-12(17-9)6-11(7-14)13(15)18-10(2)8-16-3/h4-6,10H,8H2,1-3H3/b11-6+/t10-/m0/s1. The quantitative estimate of drug-likeness (QED) is 0.454. The van der Waals surface area contributed by atoms with Crippen LogP contribution in [0.2, 0.25) is 0 Å². The first-order valence-corrected chi connectivity index (χ1v) is 5.45. The molecule has 5 nitrogen and oxygen atoms in total. The van der Waals surface area contributed by atoms with Gasteiger partial charge in [-0.3, -0.25) is 0 Å². The Morgan fingerprint density at radius 1 is 1.61 bits per heavy atom. The van der Waals surface area contributed by atoms with Crippen LogP contribution in [0.1, 0.15) is 18.4 Å². The Morgan fingerprint density at radius 3 is 2.83 bits per heavy atom. The second kappa shape index (κ2) is 6.62. The van der Waals surface area contributed by atoms with E-state index in [-0.39, 0.29) is 12.2 Å². The minimum atomic E-state index is -0.684. The summed E-state index contributed by atoms with van der Waals surface area (Å²) in [5.41, 5.74) is -0.104. The van der Waals surface area contributed by atoms with E-state index >= 15 is 0 Å². The van der Waals surface area contributed by atoms with Gasteiger partial charge in [0.25, 0.3) is 0 Å². The number of esters is 1. The van der Waals surface area contributed by atoms with Gasteiger partial charge in [-0.25, -0.2) is 4.79 Å². The van der Waals surface area contributed by atoms with Crippen molar-refractivity contribution in [3.8, 4) is 6.07 Å². The van der Waals surface area contributed by atoms with Crippen molar-refractivity contribution in [2.24, 2.45) is 0 Å². The molecule has 0 saturated heterocycles. The molecule has 1 aromatic heterocycles. The highest BCUT2D eigenvalue weighted by atomic mass is 16.6. The van der Waals surface area contributed by atoms with Crippen molar-refractivity contribution < 1.29 is 18.7 Å². The summed E-state index contributed by atoms with van der Waals surface area (Å²) in [5, 5.41) is 8.92. The predicted molar refractivity (Wildman–Crippen MR) is 64.5 cm³/mol. The summed E-state index contributed by atoms with van der Waals surface area (Å²) in [6, 6.07) is 5.22. The van der Waals surface area contributed by atoms with Crippen LogP contribution < -0.4 is 0 Å². The molecule has 5 heteroatoms. The number of furan rings is 1. The van der Waals surface area contributed by atoms with Crippen LogP contribution in [-0.2, 0) is 14.3 Å². The van der Waals surface area contributed by atoms with Gasteiger partial charge in [-0.05, 0) is 26.0 Å². The lowest BCUT2D eigenvalue weighted by Crippen LogP contribution is -2.20. The van der Waals surface area contributed by atoms with E-state index in [1.54, 1.807) is 32.0 Å². The van der Waals surface area contributed by atoms with Gasteiger partial charge in [-0.2, -0.15) is 5.26 Å². The average Bonchev–Trinajstić information content (AvgIpc) is 2.71. The molecule has 0 unspecified atom stereocenters. The number of aryl methyl sites for hydroxylation is 1. The smallest absolute Gasteiger partial charge is 0.349 e. The fourth-order valence-electron chi connectivity index (χ4n) is 1.33. The molecule has 18 heavy (non-hydrogen) atoms. The molecule has 0 fully saturated rings. The number of hydrogen-bond donors (Lipinski definition) is 0. The first-order chi connectivity index (χ1) is 8.56. The number of ether oxygens (including phenoxy) is 2. The fourth-order valence-corrected chi connectivity index (χ4v) is 1.33. The number of nitriles is 1. The molecule has 1 heterocycles. The predicted octanol–water partition coefficient (Wildman–Crippen LogP) is 2.07. The van der Waals surface area contributed by atoms with E-state index < -0.39 is 12.1 Å². The van der Waals surface area contributed by atoms with Crippen LogP contribution in [0.25, 0.3) is 6.08 Å². The second-order valence-corrected chi connectivity index (χ2v) is 3.79. The number of methoxy groups -OCH3 is 1. The molecule has 0 aliphatic rings. The first kappa shape index (κ1) is 14.0. The summed E-state index contributed by atoms with van der Waals surface area (Å²) in [6.07, 6.45) is 0.951. The van der Waals surface area contributed by atoms with Crippen molar-refractivity contribution in [3.05, 3.63) is 29.2 Å². The van der Waals surface area contributed by atoms with Crippen molar-refractivity contribution in [3.63, 3.8) is 0 Å². The fraction of sp³-hybridized carbons (Fsp3) is 0.385. The summed E-state index contributed by atoms with van der Waals surface area (Å²) in [6.45, 7) is 3.75. The Morgan fingerprint density at radius 2 is 2.33 bits per heavy atom. The van der Waals surface area contributed by atoms with Crippen LogP contribution in [0.15, 0.2) is 22.1 Å². The number of hydrogen-bond acceptors (Lipinski definition) is 5. The van der Waals surface area contributed by atoms with Crippen LogP contribution in [0, 0.1) is 18.3 Å². The maximum Gasteiger partial charge on any atom is 0.349 e. The van der Waals surface area contributed by atoms with E-state index in [9.17, 15) is 4.79 Å². The van der Waals surface area contributed by atoms with E-state index in [0.29, 0.717) is 11.5 Å². The zero-order chi connectivity index (χ0) is 13.5. The van der Waals surface area contributed by atoms with Gasteiger partial charge in [0.05, 0.1) is 6.61 Å². The molecule has 0 bridgehead atoms.